The first-order valence-corrected chi connectivity index (χ1v) is 8.98. The van der Waals surface area contributed by atoms with Crippen molar-refractivity contribution in [2.24, 2.45) is 0 Å². The maximum absolute atomic E-state index is 12.5. The monoisotopic (exact) mass is 399 g/mol. The summed E-state index contributed by atoms with van der Waals surface area (Å²) in [5.41, 5.74) is 1.53. The lowest BCUT2D eigenvalue weighted by atomic mass is 10.2. The Balaban J connectivity index is 1.64. The van der Waals surface area contributed by atoms with Crippen LogP contribution in [0.1, 0.15) is 11.1 Å². The Morgan fingerprint density at radius 3 is 1.97 bits per heavy atom. The van der Waals surface area contributed by atoms with Crippen LogP contribution in [0.5, 0.6) is 0 Å². The number of rotatable bonds is 7. The number of methoxy groups -OCH3 is 1. The topological polar surface area (TPSA) is 102 Å². The van der Waals surface area contributed by atoms with Crippen LogP contribution in [0.3, 0.4) is 0 Å². The van der Waals surface area contributed by atoms with E-state index in [1.165, 1.54) is 0 Å². The number of hydrogen-bond donors (Lipinski definition) is 1. The summed E-state index contributed by atoms with van der Waals surface area (Å²) in [6.45, 7) is -0.00683. The number of hydrogen-bond acceptors (Lipinski definition) is 7. The molecule has 0 spiro atoms. The van der Waals surface area contributed by atoms with Crippen molar-refractivity contribution in [3.8, 4) is 0 Å². The molecule has 0 unspecified atom stereocenters. The molecule has 8 heteroatoms. The Morgan fingerprint density at radius 1 is 0.931 bits per heavy atom. The van der Waals surface area contributed by atoms with Gasteiger partial charge < -0.3 is 19.3 Å². The van der Waals surface area contributed by atoms with Crippen LogP contribution in [0.2, 0.25) is 0 Å². The molecule has 29 heavy (non-hydrogen) atoms. The van der Waals surface area contributed by atoms with Gasteiger partial charge in [0.25, 0.3) is 0 Å². The van der Waals surface area contributed by atoms with Crippen LogP contribution < -0.4 is 0 Å². The first-order valence-electron chi connectivity index (χ1n) is 8.98. The van der Waals surface area contributed by atoms with Crippen molar-refractivity contribution >= 4 is 18.0 Å². The van der Waals surface area contributed by atoms with Crippen molar-refractivity contribution in [3.63, 3.8) is 0 Å². The largest absolute Gasteiger partial charge is 0.467 e. The molecule has 0 radical (unpaired) electrons. The lowest BCUT2D eigenvalue weighted by Crippen LogP contribution is -2.32. The summed E-state index contributed by atoms with van der Waals surface area (Å²) in [7, 11) is 1.11. The van der Waals surface area contributed by atoms with Gasteiger partial charge in [-0.3, -0.25) is 4.90 Å². The van der Waals surface area contributed by atoms with Crippen molar-refractivity contribution < 1.29 is 33.7 Å². The van der Waals surface area contributed by atoms with Crippen LogP contribution in [-0.4, -0.2) is 53.3 Å². The second-order valence-electron chi connectivity index (χ2n) is 6.44. The Hall–Kier alpha value is -3.39. The smallest absolute Gasteiger partial charge is 0.411 e. The summed E-state index contributed by atoms with van der Waals surface area (Å²) >= 11 is 0. The molecule has 1 heterocycles. The predicted molar refractivity (Wildman–Crippen MR) is 100 cm³/mol. The maximum Gasteiger partial charge on any atom is 0.411 e. The molecular weight excluding hydrogens is 378 g/mol. The van der Waals surface area contributed by atoms with Crippen LogP contribution in [0.15, 0.2) is 60.7 Å². The summed E-state index contributed by atoms with van der Waals surface area (Å²) in [5.74, 6) is -1.69. The Bertz CT molecular complexity index is 794. The molecule has 0 aliphatic carbocycles. The molecule has 0 bridgehead atoms. The van der Waals surface area contributed by atoms with E-state index in [1.807, 2.05) is 12.1 Å². The van der Waals surface area contributed by atoms with Crippen LogP contribution in [0.25, 0.3) is 0 Å². The van der Waals surface area contributed by atoms with Crippen molar-refractivity contribution in [1.82, 2.24) is 4.90 Å². The molecule has 1 amide bonds. The maximum atomic E-state index is 12.5. The molecule has 0 saturated carbocycles. The van der Waals surface area contributed by atoms with Crippen molar-refractivity contribution in [2.45, 2.75) is 31.4 Å². The van der Waals surface area contributed by atoms with Crippen molar-refractivity contribution in [1.29, 1.82) is 0 Å². The molecule has 1 saturated heterocycles. The lowest BCUT2D eigenvalue weighted by Gasteiger charge is -2.09. The van der Waals surface area contributed by atoms with Crippen LogP contribution in [0, 0.1) is 0 Å². The van der Waals surface area contributed by atoms with E-state index in [9.17, 15) is 19.5 Å². The van der Waals surface area contributed by atoms with Gasteiger partial charge >= 0.3 is 18.0 Å². The van der Waals surface area contributed by atoms with E-state index >= 15 is 0 Å². The zero-order valence-electron chi connectivity index (χ0n) is 15.8. The highest BCUT2D eigenvalue weighted by Crippen LogP contribution is 2.34. The summed E-state index contributed by atoms with van der Waals surface area (Å²) in [6.07, 6.45) is -2.51. The fraction of sp³-hybridized carbons (Fsp3) is 0.286. The first-order chi connectivity index (χ1) is 14.0. The van der Waals surface area contributed by atoms with Gasteiger partial charge in [0.05, 0.1) is 7.11 Å². The van der Waals surface area contributed by atoms with Crippen molar-refractivity contribution in [3.05, 3.63) is 71.8 Å². The summed E-state index contributed by atoms with van der Waals surface area (Å²) < 4.78 is 15.0. The standard InChI is InChI=1S/C21H21NO7/c1-27-20(25)18(23)16-17(19(24)28-12-14-8-4-2-5-9-14)22(16)21(26)29-13-15-10-6-3-7-11-15/h2-11,16-18,23H,12-13H2,1H3/t16-,17+,18+,22?/m1/s1. The van der Waals surface area contributed by atoms with Gasteiger partial charge in [0.1, 0.15) is 19.3 Å². The number of ether oxygens (including phenoxy) is 3. The first kappa shape index (κ1) is 20.3. The number of aliphatic hydroxyl groups excluding tert-OH is 1. The van der Waals surface area contributed by atoms with Gasteiger partial charge in [-0.25, -0.2) is 14.4 Å². The van der Waals surface area contributed by atoms with E-state index in [0.717, 1.165) is 23.1 Å². The highest BCUT2D eigenvalue weighted by Gasteiger charge is 2.63. The minimum absolute atomic E-state index is 0.00408. The Labute approximate surface area is 167 Å². The number of esters is 2. The van der Waals surface area contributed by atoms with Crippen LogP contribution >= 0.6 is 0 Å². The van der Waals surface area contributed by atoms with E-state index < -0.39 is 36.2 Å². The van der Waals surface area contributed by atoms with Crippen molar-refractivity contribution in [2.75, 3.05) is 7.11 Å². The van der Waals surface area contributed by atoms with E-state index in [1.54, 1.807) is 48.5 Å². The molecule has 8 nitrogen and oxygen atoms in total. The summed E-state index contributed by atoms with van der Waals surface area (Å²) in [4.78, 5) is 37.6. The molecule has 0 aromatic heterocycles. The van der Waals surface area contributed by atoms with E-state index in [2.05, 4.69) is 4.74 Å². The van der Waals surface area contributed by atoms with Gasteiger partial charge in [0.2, 0.25) is 0 Å². The van der Waals surface area contributed by atoms with E-state index in [-0.39, 0.29) is 13.2 Å². The fourth-order valence-electron chi connectivity index (χ4n) is 2.93. The van der Waals surface area contributed by atoms with Gasteiger partial charge in [-0.15, -0.1) is 0 Å². The number of carbonyl (C=O) groups is 3. The molecule has 3 rings (SSSR count). The Kier molecular flexibility index (Phi) is 6.46. The number of aliphatic hydroxyl groups is 1. The molecular formula is C21H21NO7. The minimum atomic E-state index is -1.68. The average molecular weight is 399 g/mol. The number of amides is 1. The minimum Gasteiger partial charge on any atom is -0.467 e. The fourth-order valence-corrected chi connectivity index (χ4v) is 2.93. The van der Waals surface area contributed by atoms with E-state index in [4.69, 9.17) is 9.47 Å². The molecule has 2 aromatic carbocycles. The summed E-state index contributed by atoms with van der Waals surface area (Å²) in [5, 5.41) is 10.1. The molecule has 2 aromatic rings. The molecule has 1 aliphatic heterocycles. The number of benzene rings is 2. The van der Waals surface area contributed by atoms with Gasteiger partial charge in [0.15, 0.2) is 12.1 Å². The predicted octanol–water partition coefficient (Wildman–Crippen LogP) is 1.65. The number of nitrogens with zero attached hydrogens (tertiary/aromatic N) is 1. The third-order valence-electron chi connectivity index (χ3n) is 4.50. The average Bonchev–Trinajstić information content (AvgIpc) is 3.52. The highest BCUT2D eigenvalue weighted by atomic mass is 16.6. The van der Waals surface area contributed by atoms with Crippen LogP contribution in [0.4, 0.5) is 4.79 Å². The highest BCUT2D eigenvalue weighted by molar-refractivity contribution is 5.91. The third-order valence-corrected chi connectivity index (χ3v) is 4.50. The van der Waals surface area contributed by atoms with Gasteiger partial charge in [0, 0.05) is 0 Å². The van der Waals surface area contributed by atoms with Gasteiger partial charge in [-0.1, -0.05) is 60.7 Å². The quantitative estimate of drug-likeness (QED) is 0.429. The molecule has 1 N–H and O–H groups in total. The van der Waals surface area contributed by atoms with E-state index in [0.29, 0.717) is 0 Å². The molecule has 1 aliphatic rings. The van der Waals surface area contributed by atoms with Gasteiger partial charge in [-0.05, 0) is 11.1 Å². The molecule has 3 atom stereocenters. The van der Waals surface area contributed by atoms with Gasteiger partial charge in [-0.2, -0.15) is 0 Å². The lowest BCUT2D eigenvalue weighted by molar-refractivity contribution is -0.151. The zero-order valence-corrected chi connectivity index (χ0v) is 15.8. The van der Waals surface area contributed by atoms with Crippen LogP contribution in [-0.2, 0) is 37.0 Å². The number of carbonyl (C=O) groups excluding carboxylic acids is 3. The second-order valence-corrected chi connectivity index (χ2v) is 6.44. The third kappa shape index (κ3) is 4.91. The summed E-state index contributed by atoms with van der Waals surface area (Å²) in [6, 6.07) is 15.8. The SMILES string of the molecule is COC(=O)[C@@H](O)[C@H]1[C@@H](C(=O)OCc2ccccc2)N1C(=O)OCc1ccccc1. The molecule has 152 valence electrons. The normalized spacial score (nSPS) is 18.5. The molecule has 1 fully saturated rings. The second kappa shape index (κ2) is 9.20. The zero-order chi connectivity index (χ0) is 20.8. The Morgan fingerprint density at radius 2 is 1.45 bits per heavy atom.